The Labute approximate surface area is 108 Å². The van der Waals surface area contributed by atoms with Crippen LogP contribution in [0.2, 0.25) is 0 Å². The third-order valence-electron chi connectivity index (χ3n) is 2.45. The number of aromatic amines is 1. The lowest BCUT2D eigenvalue weighted by molar-refractivity contribution is -0.384. The molecule has 0 amide bonds. The predicted molar refractivity (Wildman–Crippen MR) is 68.4 cm³/mol. The average Bonchev–Trinajstić information content (AvgIpc) is 2.79. The number of H-pyrrole nitrogens is 1. The largest absolute Gasteiger partial charge is 0.463 e. The summed E-state index contributed by atoms with van der Waals surface area (Å²) in [5.41, 5.74) is 1.08. The van der Waals surface area contributed by atoms with Crippen molar-refractivity contribution in [1.29, 1.82) is 0 Å². The average molecular weight is 261 g/mol. The van der Waals surface area contributed by atoms with Gasteiger partial charge in [0.1, 0.15) is 0 Å². The Morgan fingerprint density at radius 1 is 1.58 bits per heavy atom. The molecule has 2 aromatic rings. The highest BCUT2D eigenvalue weighted by Crippen LogP contribution is 2.22. The van der Waals surface area contributed by atoms with Crippen LogP contribution in [0.15, 0.2) is 24.3 Å². The van der Waals surface area contributed by atoms with E-state index in [1.54, 1.807) is 13.0 Å². The Balaban J connectivity index is 2.36. The first-order valence-corrected chi connectivity index (χ1v) is 5.59. The quantitative estimate of drug-likeness (QED) is 0.393. The van der Waals surface area contributed by atoms with E-state index in [-0.39, 0.29) is 5.69 Å². The SMILES string of the molecule is CCOC(=O)C=Cc1[nH]nc2ccc([N+](=O)[O-])cc12. The molecule has 0 aliphatic carbocycles. The topological polar surface area (TPSA) is 98.1 Å². The number of fused-ring (bicyclic) bond motifs is 1. The van der Waals surface area contributed by atoms with Gasteiger partial charge >= 0.3 is 5.97 Å². The molecule has 0 aliphatic rings. The van der Waals surface area contributed by atoms with Crippen molar-refractivity contribution >= 4 is 28.6 Å². The second-order valence-corrected chi connectivity index (χ2v) is 3.68. The second-order valence-electron chi connectivity index (χ2n) is 3.68. The van der Waals surface area contributed by atoms with Crippen LogP contribution in [-0.4, -0.2) is 27.7 Å². The van der Waals surface area contributed by atoms with E-state index in [1.807, 2.05) is 0 Å². The molecule has 0 fully saturated rings. The highest BCUT2D eigenvalue weighted by molar-refractivity contribution is 5.93. The van der Waals surface area contributed by atoms with Gasteiger partial charge in [-0.3, -0.25) is 15.2 Å². The Morgan fingerprint density at radius 3 is 3.05 bits per heavy atom. The molecule has 1 N–H and O–H groups in total. The molecular formula is C12H11N3O4. The van der Waals surface area contributed by atoms with E-state index >= 15 is 0 Å². The summed E-state index contributed by atoms with van der Waals surface area (Å²) < 4.78 is 4.75. The number of nitrogens with zero attached hydrogens (tertiary/aromatic N) is 2. The zero-order chi connectivity index (χ0) is 13.8. The van der Waals surface area contributed by atoms with Crippen LogP contribution in [0.4, 0.5) is 5.69 Å². The van der Waals surface area contributed by atoms with Crippen LogP contribution in [0, 0.1) is 10.1 Å². The number of esters is 1. The Kier molecular flexibility index (Phi) is 3.56. The summed E-state index contributed by atoms with van der Waals surface area (Å²) in [6.07, 6.45) is 2.73. The highest BCUT2D eigenvalue weighted by Gasteiger charge is 2.10. The molecule has 2 rings (SSSR count). The first-order valence-electron chi connectivity index (χ1n) is 5.59. The smallest absolute Gasteiger partial charge is 0.330 e. The molecule has 98 valence electrons. The lowest BCUT2D eigenvalue weighted by atomic mass is 10.2. The van der Waals surface area contributed by atoms with E-state index in [0.717, 1.165) is 0 Å². The third-order valence-corrected chi connectivity index (χ3v) is 2.45. The van der Waals surface area contributed by atoms with Gasteiger partial charge in [0.15, 0.2) is 0 Å². The Hall–Kier alpha value is -2.70. The molecule has 0 atom stereocenters. The van der Waals surface area contributed by atoms with Gasteiger partial charge < -0.3 is 4.74 Å². The number of benzene rings is 1. The van der Waals surface area contributed by atoms with Gasteiger partial charge in [0.05, 0.1) is 22.7 Å². The summed E-state index contributed by atoms with van der Waals surface area (Å²) >= 11 is 0. The molecule has 0 saturated heterocycles. The van der Waals surface area contributed by atoms with Gasteiger partial charge in [-0.2, -0.15) is 5.10 Å². The van der Waals surface area contributed by atoms with Crippen LogP contribution in [0.25, 0.3) is 17.0 Å². The molecule has 0 saturated carbocycles. The van der Waals surface area contributed by atoms with E-state index in [2.05, 4.69) is 10.2 Å². The summed E-state index contributed by atoms with van der Waals surface area (Å²) in [4.78, 5) is 21.4. The molecule has 1 heterocycles. The van der Waals surface area contributed by atoms with Crippen molar-refractivity contribution < 1.29 is 14.5 Å². The lowest BCUT2D eigenvalue weighted by Crippen LogP contribution is -1.98. The minimum atomic E-state index is -0.481. The van der Waals surface area contributed by atoms with Crippen LogP contribution in [0.3, 0.4) is 0 Å². The summed E-state index contributed by atoms with van der Waals surface area (Å²) in [5, 5.41) is 18.0. The molecule has 0 radical (unpaired) electrons. The monoisotopic (exact) mass is 261 g/mol. The van der Waals surface area contributed by atoms with Crippen molar-refractivity contribution in [3.63, 3.8) is 0 Å². The number of non-ortho nitro benzene ring substituents is 1. The van der Waals surface area contributed by atoms with Gasteiger partial charge in [-0.15, -0.1) is 0 Å². The summed E-state index contributed by atoms with van der Waals surface area (Å²) in [6.45, 7) is 2.00. The second kappa shape index (κ2) is 5.30. The minimum absolute atomic E-state index is 0.0281. The van der Waals surface area contributed by atoms with Crippen LogP contribution >= 0.6 is 0 Å². The van der Waals surface area contributed by atoms with Gasteiger partial charge in [0, 0.05) is 23.6 Å². The van der Waals surface area contributed by atoms with Crippen molar-refractivity contribution in [2.45, 2.75) is 6.92 Å². The number of aromatic nitrogens is 2. The fourth-order valence-corrected chi connectivity index (χ4v) is 1.60. The first kappa shape index (κ1) is 12.7. The molecule has 1 aromatic carbocycles. The van der Waals surface area contributed by atoms with Gasteiger partial charge in [-0.25, -0.2) is 4.79 Å². The van der Waals surface area contributed by atoms with Gasteiger partial charge in [0.2, 0.25) is 0 Å². The standard InChI is InChI=1S/C12H11N3O4/c1-2-19-12(16)6-5-11-9-7-8(15(17)18)3-4-10(9)13-14-11/h3-7H,2H2,1H3,(H,13,14). The summed E-state index contributed by atoms with van der Waals surface area (Å²) in [6, 6.07) is 4.33. The number of hydrogen-bond acceptors (Lipinski definition) is 5. The molecule has 0 spiro atoms. The molecule has 7 heteroatoms. The maximum Gasteiger partial charge on any atom is 0.330 e. The maximum absolute atomic E-state index is 11.2. The van der Waals surface area contributed by atoms with Crippen LogP contribution in [-0.2, 0) is 9.53 Å². The lowest BCUT2D eigenvalue weighted by Gasteiger charge is -1.94. The van der Waals surface area contributed by atoms with Crippen molar-refractivity contribution in [3.8, 4) is 0 Å². The van der Waals surface area contributed by atoms with Gasteiger partial charge in [0.25, 0.3) is 5.69 Å². The molecule has 0 bridgehead atoms. The molecule has 0 unspecified atom stereocenters. The van der Waals surface area contributed by atoms with E-state index in [4.69, 9.17) is 4.74 Å². The zero-order valence-electron chi connectivity index (χ0n) is 10.1. The first-order chi connectivity index (χ1) is 9.11. The number of rotatable bonds is 4. The van der Waals surface area contributed by atoms with Crippen LogP contribution in [0.1, 0.15) is 12.6 Å². The van der Waals surface area contributed by atoms with Crippen molar-refractivity contribution in [3.05, 3.63) is 40.1 Å². The molecule has 0 aliphatic heterocycles. The molecule has 7 nitrogen and oxygen atoms in total. The number of hydrogen-bond donors (Lipinski definition) is 1. The van der Waals surface area contributed by atoms with Crippen molar-refractivity contribution in [2.24, 2.45) is 0 Å². The van der Waals surface area contributed by atoms with Gasteiger partial charge in [-0.1, -0.05) is 0 Å². The van der Waals surface area contributed by atoms with E-state index < -0.39 is 10.9 Å². The third kappa shape index (κ3) is 2.76. The predicted octanol–water partition coefficient (Wildman–Crippen LogP) is 2.05. The molecule has 1 aromatic heterocycles. The van der Waals surface area contributed by atoms with Crippen LogP contribution in [0.5, 0.6) is 0 Å². The van der Waals surface area contributed by atoms with Gasteiger partial charge in [-0.05, 0) is 19.1 Å². The Bertz CT molecular complexity index is 660. The fourth-order valence-electron chi connectivity index (χ4n) is 1.60. The van der Waals surface area contributed by atoms with E-state index in [0.29, 0.717) is 23.2 Å². The number of nitro groups is 1. The normalized spacial score (nSPS) is 11.0. The van der Waals surface area contributed by atoms with E-state index in [9.17, 15) is 14.9 Å². The Morgan fingerprint density at radius 2 is 2.37 bits per heavy atom. The molecule has 19 heavy (non-hydrogen) atoms. The number of nitro benzene ring substituents is 1. The highest BCUT2D eigenvalue weighted by atomic mass is 16.6. The summed E-state index contributed by atoms with van der Waals surface area (Å²) in [5.74, 6) is -0.476. The number of nitrogens with one attached hydrogen (secondary N) is 1. The summed E-state index contributed by atoms with van der Waals surface area (Å²) in [7, 11) is 0. The van der Waals surface area contributed by atoms with Crippen molar-refractivity contribution in [1.82, 2.24) is 10.2 Å². The van der Waals surface area contributed by atoms with E-state index in [1.165, 1.54) is 24.3 Å². The number of carbonyl (C=O) groups excluding carboxylic acids is 1. The minimum Gasteiger partial charge on any atom is -0.463 e. The molecular weight excluding hydrogens is 250 g/mol. The fraction of sp³-hybridized carbons (Fsp3) is 0.167. The zero-order valence-corrected chi connectivity index (χ0v) is 10.1. The van der Waals surface area contributed by atoms with Crippen LogP contribution < -0.4 is 0 Å². The maximum atomic E-state index is 11.2. The number of carbonyl (C=O) groups is 1. The van der Waals surface area contributed by atoms with Crippen molar-refractivity contribution in [2.75, 3.05) is 6.61 Å². The number of ether oxygens (including phenoxy) is 1.